The molecule has 0 saturated carbocycles. The molecule has 82 valence electrons. The molecular weight excluding hydrogens is 222 g/mol. The highest BCUT2D eigenvalue weighted by Crippen LogP contribution is 2.27. The molecule has 16 heavy (non-hydrogen) atoms. The van der Waals surface area contributed by atoms with Gasteiger partial charge in [0, 0.05) is 18.0 Å². The second-order valence-electron chi connectivity index (χ2n) is 3.34. The van der Waals surface area contributed by atoms with E-state index < -0.39 is 0 Å². The lowest BCUT2D eigenvalue weighted by molar-refractivity contribution is 0.319. The lowest BCUT2D eigenvalue weighted by atomic mass is 10.1. The summed E-state index contributed by atoms with van der Waals surface area (Å²) < 4.78 is 0. The Morgan fingerprint density at radius 1 is 1.50 bits per heavy atom. The summed E-state index contributed by atoms with van der Waals surface area (Å²) in [5.74, 6) is 0. The van der Waals surface area contributed by atoms with E-state index in [2.05, 4.69) is 15.1 Å². The van der Waals surface area contributed by atoms with E-state index in [9.17, 15) is 0 Å². The first-order valence-electron chi connectivity index (χ1n) is 4.79. The molecule has 0 bridgehead atoms. The van der Waals surface area contributed by atoms with Crippen molar-refractivity contribution in [3.8, 4) is 11.3 Å². The first-order valence-corrected chi connectivity index (χ1v) is 5.61. The van der Waals surface area contributed by atoms with E-state index in [1.165, 1.54) is 11.3 Å². The summed E-state index contributed by atoms with van der Waals surface area (Å²) in [6.07, 6.45) is 3.47. The highest BCUT2D eigenvalue weighted by Gasteiger charge is 2.13. The van der Waals surface area contributed by atoms with Gasteiger partial charge in [-0.25, -0.2) is 4.98 Å². The van der Waals surface area contributed by atoms with Gasteiger partial charge in [0.15, 0.2) is 0 Å². The Morgan fingerprint density at radius 2 is 2.31 bits per heavy atom. The molecule has 0 fully saturated rings. The van der Waals surface area contributed by atoms with Gasteiger partial charge in [-0.2, -0.15) is 0 Å². The highest BCUT2D eigenvalue weighted by atomic mass is 32.1. The van der Waals surface area contributed by atoms with Crippen LogP contribution in [0.5, 0.6) is 0 Å². The van der Waals surface area contributed by atoms with Crippen molar-refractivity contribution in [3.63, 3.8) is 0 Å². The molecule has 2 aromatic heterocycles. The van der Waals surface area contributed by atoms with Crippen LogP contribution in [0.25, 0.3) is 11.3 Å². The number of oxime groups is 1. The van der Waals surface area contributed by atoms with Gasteiger partial charge in [0.25, 0.3) is 0 Å². The number of nitrogens with zero attached hydrogens (tertiary/aromatic N) is 3. The van der Waals surface area contributed by atoms with Crippen molar-refractivity contribution in [2.24, 2.45) is 5.16 Å². The van der Waals surface area contributed by atoms with Gasteiger partial charge in [0.05, 0.1) is 21.3 Å². The minimum Gasteiger partial charge on any atom is -0.411 e. The highest BCUT2D eigenvalue weighted by molar-refractivity contribution is 7.14. The summed E-state index contributed by atoms with van der Waals surface area (Å²) in [6, 6.07) is 3.80. The van der Waals surface area contributed by atoms with E-state index in [4.69, 9.17) is 5.21 Å². The zero-order chi connectivity index (χ0) is 11.5. The van der Waals surface area contributed by atoms with Crippen LogP contribution < -0.4 is 0 Å². The molecule has 0 aliphatic carbocycles. The normalized spacial score (nSPS) is 11.8. The SMILES string of the molecule is C/C(=N\O)c1sc(C)nc1-c1cccnc1. The third-order valence-corrected chi connectivity index (χ3v) is 3.23. The molecule has 0 spiro atoms. The Kier molecular flexibility index (Phi) is 2.96. The van der Waals surface area contributed by atoms with Gasteiger partial charge in [-0.1, -0.05) is 5.16 Å². The molecule has 0 aliphatic rings. The minimum atomic E-state index is 0.574. The van der Waals surface area contributed by atoms with Gasteiger partial charge in [0.1, 0.15) is 0 Å². The summed E-state index contributed by atoms with van der Waals surface area (Å²) in [4.78, 5) is 9.38. The van der Waals surface area contributed by atoms with Gasteiger partial charge in [-0.05, 0) is 26.0 Å². The van der Waals surface area contributed by atoms with Crippen molar-refractivity contribution < 1.29 is 5.21 Å². The number of rotatable bonds is 2. The van der Waals surface area contributed by atoms with Crippen LogP contribution in [0, 0.1) is 6.92 Å². The van der Waals surface area contributed by atoms with Gasteiger partial charge in [0.2, 0.25) is 0 Å². The molecule has 4 nitrogen and oxygen atoms in total. The molecule has 0 amide bonds. The van der Waals surface area contributed by atoms with Crippen LogP contribution in [0.1, 0.15) is 16.8 Å². The number of pyridine rings is 1. The fraction of sp³-hybridized carbons (Fsp3) is 0.182. The Labute approximate surface area is 97.3 Å². The number of aryl methyl sites for hydroxylation is 1. The summed E-state index contributed by atoms with van der Waals surface area (Å²) in [7, 11) is 0. The molecule has 5 heteroatoms. The number of aromatic nitrogens is 2. The van der Waals surface area contributed by atoms with Crippen molar-refractivity contribution in [1.29, 1.82) is 0 Å². The largest absolute Gasteiger partial charge is 0.411 e. The Morgan fingerprint density at radius 3 is 2.94 bits per heavy atom. The topological polar surface area (TPSA) is 58.4 Å². The van der Waals surface area contributed by atoms with Crippen molar-refractivity contribution >= 4 is 17.0 Å². The maximum absolute atomic E-state index is 8.82. The third-order valence-electron chi connectivity index (χ3n) is 2.15. The second kappa shape index (κ2) is 4.40. The van der Waals surface area contributed by atoms with Gasteiger partial charge >= 0.3 is 0 Å². The maximum atomic E-state index is 8.82. The molecule has 0 aromatic carbocycles. The minimum absolute atomic E-state index is 0.574. The lowest BCUT2D eigenvalue weighted by Crippen LogP contribution is -1.94. The predicted molar refractivity (Wildman–Crippen MR) is 64.1 cm³/mol. The standard InChI is InChI=1S/C11H11N3OS/c1-7(14-15)11-10(13-8(2)16-11)9-4-3-5-12-6-9/h3-6,15H,1-2H3/b14-7+. The third kappa shape index (κ3) is 1.94. The van der Waals surface area contributed by atoms with Crippen LogP contribution in [-0.4, -0.2) is 20.9 Å². The molecule has 0 aliphatic heterocycles. The summed E-state index contributed by atoms with van der Waals surface area (Å²) in [5.41, 5.74) is 2.33. The Hall–Kier alpha value is -1.75. The molecule has 0 unspecified atom stereocenters. The molecule has 2 rings (SSSR count). The fourth-order valence-electron chi connectivity index (χ4n) is 1.42. The van der Waals surface area contributed by atoms with Crippen LogP contribution >= 0.6 is 11.3 Å². The first-order chi connectivity index (χ1) is 7.72. The smallest absolute Gasteiger partial charge is 0.0959 e. The van der Waals surface area contributed by atoms with Gasteiger partial charge < -0.3 is 5.21 Å². The molecule has 0 atom stereocenters. The molecule has 1 N–H and O–H groups in total. The Bertz CT molecular complexity index is 519. The van der Waals surface area contributed by atoms with Gasteiger partial charge in [-0.3, -0.25) is 4.98 Å². The van der Waals surface area contributed by atoms with Crippen LogP contribution in [0.4, 0.5) is 0 Å². The van der Waals surface area contributed by atoms with Crippen LogP contribution in [-0.2, 0) is 0 Å². The van der Waals surface area contributed by atoms with Crippen LogP contribution in [0.3, 0.4) is 0 Å². The first kappa shape index (κ1) is 10.8. The molecule has 0 saturated heterocycles. The zero-order valence-electron chi connectivity index (χ0n) is 9.01. The Balaban J connectivity index is 2.57. The fourth-order valence-corrected chi connectivity index (χ4v) is 2.30. The summed E-state index contributed by atoms with van der Waals surface area (Å²) in [6.45, 7) is 3.69. The quantitative estimate of drug-likeness (QED) is 0.493. The predicted octanol–water partition coefficient (Wildman–Crippen LogP) is 2.71. The van der Waals surface area contributed by atoms with Crippen molar-refractivity contribution in [2.45, 2.75) is 13.8 Å². The summed E-state index contributed by atoms with van der Waals surface area (Å²) >= 11 is 1.51. The zero-order valence-corrected chi connectivity index (χ0v) is 9.82. The number of hydrogen-bond donors (Lipinski definition) is 1. The van der Waals surface area contributed by atoms with E-state index in [0.29, 0.717) is 5.71 Å². The van der Waals surface area contributed by atoms with Crippen molar-refractivity contribution in [2.75, 3.05) is 0 Å². The van der Waals surface area contributed by atoms with E-state index >= 15 is 0 Å². The number of hydrogen-bond acceptors (Lipinski definition) is 5. The average molecular weight is 233 g/mol. The lowest BCUT2D eigenvalue weighted by Gasteiger charge is -1.99. The van der Waals surface area contributed by atoms with E-state index in [-0.39, 0.29) is 0 Å². The molecule has 2 aromatic rings. The molecule has 0 radical (unpaired) electrons. The van der Waals surface area contributed by atoms with Crippen LogP contribution in [0.15, 0.2) is 29.7 Å². The van der Waals surface area contributed by atoms with E-state index in [0.717, 1.165) is 21.1 Å². The molecule has 2 heterocycles. The summed E-state index contributed by atoms with van der Waals surface area (Å²) in [5, 5.41) is 13.0. The second-order valence-corrected chi connectivity index (χ2v) is 4.54. The maximum Gasteiger partial charge on any atom is 0.0959 e. The van der Waals surface area contributed by atoms with Crippen molar-refractivity contribution in [3.05, 3.63) is 34.4 Å². The number of thiazole rings is 1. The van der Waals surface area contributed by atoms with E-state index in [1.54, 1.807) is 19.3 Å². The van der Waals surface area contributed by atoms with Crippen LogP contribution in [0.2, 0.25) is 0 Å². The van der Waals surface area contributed by atoms with E-state index in [1.807, 2.05) is 19.1 Å². The van der Waals surface area contributed by atoms with Gasteiger partial charge in [-0.15, -0.1) is 11.3 Å². The average Bonchev–Trinajstić information content (AvgIpc) is 2.71. The monoisotopic (exact) mass is 233 g/mol. The van der Waals surface area contributed by atoms with Crippen molar-refractivity contribution in [1.82, 2.24) is 9.97 Å². The molecular formula is C11H11N3OS.